The highest BCUT2D eigenvalue weighted by Crippen LogP contribution is 2.29. The van der Waals surface area contributed by atoms with Crippen LogP contribution in [0.4, 0.5) is 0 Å². The Hall–Kier alpha value is -1.88. The van der Waals surface area contributed by atoms with Gasteiger partial charge in [-0.1, -0.05) is 30.3 Å². The molecule has 136 valence electrons. The van der Waals surface area contributed by atoms with Crippen molar-refractivity contribution in [3.05, 3.63) is 35.9 Å². The van der Waals surface area contributed by atoms with Gasteiger partial charge in [0.2, 0.25) is 11.8 Å². The molecular formula is C20H28N2O3. The molecule has 5 nitrogen and oxygen atoms in total. The van der Waals surface area contributed by atoms with Crippen LogP contribution in [-0.2, 0) is 20.7 Å². The van der Waals surface area contributed by atoms with Crippen LogP contribution in [0.1, 0.15) is 38.2 Å². The number of rotatable bonds is 8. The molecule has 2 aliphatic rings. The number of nitrogens with zero attached hydrogens (tertiary/aromatic N) is 1. The van der Waals surface area contributed by atoms with Crippen molar-refractivity contribution in [2.75, 3.05) is 19.7 Å². The van der Waals surface area contributed by atoms with Crippen molar-refractivity contribution in [3.63, 3.8) is 0 Å². The molecule has 1 saturated heterocycles. The molecule has 1 saturated carbocycles. The van der Waals surface area contributed by atoms with Gasteiger partial charge in [0.1, 0.15) is 12.1 Å². The van der Waals surface area contributed by atoms with E-state index in [1.54, 1.807) is 6.92 Å². The average molecular weight is 344 g/mol. The number of hydrogen-bond acceptors (Lipinski definition) is 3. The molecular weight excluding hydrogens is 316 g/mol. The van der Waals surface area contributed by atoms with Crippen LogP contribution in [0.2, 0.25) is 0 Å². The van der Waals surface area contributed by atoms with Crippen LogP contribution >= 0.6 is 0 Å². The van der Waals surface area contributed by atoms with Gasteiger partial charge in [-0.15, -0.1) is 0 Å². The Labute approximate surface area is 149 Å². The zero-order valence-electron chi connectivity index (χ0n) is 14.9. The van der Waals surface area contributed by atoms with Crippen molar-refractivity contribution < 1.29 is 14.3 Å². The monoisotopic (exact) mass is 344 g/mol. The first-order valence-electron chi connectivity index (χ1n) is 9.38. The van der Waals surface area contributed by atoms with E-state index in [0.717, 1.165) is 31.5 Å². The maximum absolute atomic E-state index is 12.9. The third-order valence-corrected chi connectivity index (χ3v) is 4.96. The van der Waals surface area contributed by atoms with Gasteiger partial charge in [-0.3, -0.25) is 9.59 Å². The first kappa shape index (κ1) is 17.9. The second kappa shape index (κ2) is 8.48. The summed E-state index contributed by atoms with van der Waals surface area (Å²) >= 11 is 0. The molecule has 1 aliphatic heterocycles. The number of likely N-dealkylation sites (tertiary alicyclic amines) is 1. The van der Waals surface area contributed by atoms with Crippen molar-refractivity contribution >= 4 is 11.8 Å². The summed E-state index contributed by atoms with van der Waals surface area (Å²) in [5, 5.41) is 2.93. The third kappa shape index (κ3) is 5.30. The summed E-state index contributed by atoms with van der Waals surface area (Å²) in [6.45, 7) is 3.97. The Morgan fingerprint density at radius 1 is 1.20 bits per heavy atom. The van der Waals surface area contributed by atoms with E-state index in [9.17, 15) is 9.59 Å². The zero-order chi connectivity index (χ0) is 17.6. The molecule has 1 aromatic rings. The van der Waals surface area contributed by atoms with Crippen LogP contribution < -0.4 is 5.32 Å². The fourth-order valence-electron chi connectivity index (χ4n) is 3.14. The van der Waals surface area contributed by atoms with Gasteiger partial charge in [0.15, 0.2) is 0 Å². The predicted octanol–water partition coefficient (Wildman–Crippen LogP) is 2.15. The predicted molar refractivity (Wildman–Crippen MR) is 96.0 cm³/mol. The Kier molecular flexibility index (Phi) is 6.08. The molecule has 5 heteroatoms. The molecule has 25 heavy (non-hydrogen) atoms. The Morgan fingerprint density at radius 2 is 1.88 bits per heavy atom. The standard InChI is InChI=1S/C20H28N2O3/c1-15(25-14-17-9-10-17)19(23)21-18(13-16-7-3-2-4-8-16)20(24)22-11-5-6-12-22/h2-4,7-8,15,17-18H,5-6,9-14H2,1H3,(H,21,23)/t15-,18+/m1/s1. The maximum Gasteiger partial charge on any atom is 0.249 e. The summed E-state index contributed by atoms with van der Waals surface area (Å²) in [4.78, 5) is 27.2. The van der Waals surface area contributed by atoms with E-state index in [1.807, 2.05) is 35.2 Å². The van der Waals surface area contributed by atoms with Crippen LogP contribution in [0.5, 0.6) is 0 Å². The molecule has 2 fully saturated rings. The van der Waals surface area contributed by atoms with Crippen LogP contribution in [0.3, 0.4) is 0 Å². The summed E-state index contributed by atoms with van der Waals surface area (Å²) in [5.41, 5.74) is 1.05. The average Bonchev–Trinajstić information content (AvgIpc) is 3.30. The van der Waals surface area contributed by atoms with Crippen LogP contribution in [0.15, 0.2) is 30.3 Å². The summed E-state index contributed by atoms with van der Waals surface area (Å²) < 4.78 is 5.65. The van der Waals surface area contributed by atoms with Gasteiger partial charge >= 0.3 is 0 Å². The fourth-order valence-corrected chi connectivity index (χ4v) is 3.14. The number of carbonyl (C=O) groups is 2. The number of nitrogens with one attached hydrogen (secondary N) is 1. The molecule has 1 N–H and O–H groups in total. The van der Waals surface area contributed by atoms with Crippen LogP contribution in [0, 0.1) is 5.92 Å². The lowest BCUT2D eigenvalue weighted by molar-refractivity contribution is -0.139. The molecule has 0 spiro atoms. The number of ether oxygens (including phenoxy) is 1. The van der Waals surface area contributed by atoms with Crippen LogP contribution in [-0.4, -0.2) is 48.6 Å². The highest BCUT2D eigenvalue weighted by Gasteiger charge is 2.30. The molecule has 1 aliphatic carbocycles. The summed E-state index contributed by atoms with van der Waals surface area (Å²) in [7, 11) is 0. The lowest BCUT2D eigenvalue weighted by Gasteiger charge is -2.25. The smallest absolute Gasteiger partial charge is 0.249 e. The van der Waals surface area contributed by atoms with Gasteiger partial charge < -0.3 is 15.0 Å². The largest absolute Gasteiger partial charge is 0.368 e. The van der Waals surface area contributed by atoms with Crippen molar-refractivity contribution in [2.45, 2.75) is 51.2 Å². The van der Waals surface area contributed by atoms with E-state index in [2.05, 4.69) is 5.32 Å². The van der Waals surface area contributed by atoms with E-state index in [-0.39, 0.29) is 11.8 Å². The van der Waals surface area contributed by atoms with Crippen molar-refractivity contribution in [2.24, 2.45) is 5.92 Å². The first-order valence-corrected chi connectivity index (χ1v) is 9.38. The minimum Gasteiger partial charge on any atom is -0.368 e. The summed E-state index contributed by atoms with van der Waals surface area (Å²) in [6, 6.07) is 9.31. The van der Waals surface area contributed by atoms with Gasteiger partial charge in [-0.25, -0.2) is 0 Å². The third-order valence-electron chi connectivity index (χ3n) is 4.96. The molecule has 0 bridgehead atoms. The number of benzene rings is 1. The number of hydrogen-bond donors (Lipinski definition) is 1. The first-order chi connectivity index (χ1) is 12.1. The van der Waals surface area contributed by atoms with Gasteiger partial charge in [0.25, 0.3) is 0 Å². The normalized spacial score (nSPS) is 19.5. The highest BCUT2D eigenvalue weighted by molar-refractivity contribution is 5.89. The SMILES string of the molecule is C[C@@H](OCC1CC1)C(=O)N[C@@H](Cc1ccccc1)C(=O)N1CCCC1. The van der Waals surface area contributed by atoms with E-state index in [4.69, 9.17) is 4.74 Å². The number of carbonyl (C=O) groups excluding carboxylic acids is 2. The fraction of sp³-hybridized carbons (Fsp3) is 0.600. The summed E-state index contributed by atoms with van der Waals surface area (Å²) in [6.07, 6.45) is 4.45. The highest BCUT2D eigenvalue weighted by atomic mass is 16.5. The lowest BCUT2D eigenvalue weighted by atomic mass is 10.0. The van der Waals surface area contributed by atoms with Crippen molar-refractivity contribution in [3.8, 4) is 0 Å². The molecule has 0 radical (unpaired) electrons. The Morgan fingerprint density at radius 3 is 2.52 bits per heavy atom. The van der Waals surface area contributed by atoms with E-state index < -0.39 is 12.1 Å². The molecule has 2 amide bonds. The van der Waals surface area contributed by atoms with Crippen LogP contribution in [0.25, 0.3) is 0 Å². The molecule has 1 heterocycles. The van der Waals surface area contributed by atoms with Gasteiger partial charge in [-0.05, 0) is 44.1 Å². The molecule has 0 aromatic heterocycles. The molecule has 1 aromatic carbocycles. The van der Waals surface area contributed by atoms with E-state index in [1.165, 1.54) is 12.8 Å². The van der Waals surface area contributed by atoms with E-state index in [0.29, 0.717) is 18.9 Å². The van der Waals surface area contributed by atoms with E-state index >= 15 is 0 Å². The topological polar surface area (TPSA) is 58.6 Å². The molecule has 3 rings (SSSR count). The zero-order valence-corrected chi connectivity index (χ0v) is 14.9. The maximum atomic E-state index is 12.9. The minimum absolute atomic E-state index is 0.0177. The second-order valence-corrected chi connectivity index (χ2v) is 7.20. The Balaban J connectivity index is 1.61. The number of amides is 2. The Bertz CT molecular complexity index is 580. The summed E-state index contributed by atoms with van der Waals surface area (Å²) in [5.74, 6) is 0.430. The van der Waals surface area contributed by atoms with Gasteiger partial charge in [0.05, 0.1) is 6.61 Å². The molecule has 2 atom stereocenters. The second-order valence-electron chi connectivity index (χ2n) is 7.20. The van der Waals surface area contributed by atoms with Gasteiger partial charge in [-0.2, -0.15) is 0 Å². The quantitative estimate of drug-likeness (QED) is 0.786. The van der Waals surface area contributed by atoms with Crippen molar-refractivity contribution in [1.29, 1.82) is 0 Å². The van der Waals surface area contributed by atoms with Gasteiger partial charge in [0, 0.05) is 19.5 Å². The lowest BCUT2D eigenvalue weighted by Crippen LogP contribution is -2.51. The molecule has 0 unspecified atom stereocenters. The van der Waals surface area contributed by atoms with Crippen molar-refractivity contribution in [1.82, 2.24) is 10.2 Å². The minimum atomic E-state index is -0.528.